The lowest BCUT2D eigenvalue weighted by molar-refractivity contribution is 0.481. The predicted octanol–water partition coefficient (Wildman–Crippen LogP) is 2.25. The van der Waals surface area contributed by atoms with E-state index in [1.54, 1.807) is 0 Å². The van der Waals surface area contributed by atoms with Crippen molar-refractivity contribution in [1.82, 2.24) is 0 Å². The molecule has 0 saturated carbocycles. The molecule has 0 saturated heterocycles. The van der Waals surface area contributed by atoms with Crippen LogP contribution in [0.1, 0.15) is 20.8 Å². The average molecular weight is 129 g/mol. The summed E-state index contributed by atoms with van der Waals surface area (Å²) in [5, 5.41) is 10.2. The summed E-state index contributed by atoms with van der Waals surface area (Å²) < 4.78 is 0. The topological polar surface area (TPSA) is 23.8 Å². The molecule has 8 heavy (non-hydrogen) atoms. The zero-order valence-electron chi connectivity index (χ0n) is 5.56. The molecule has 0 aromatic heterocycles. The van der Waals surface area contributed by atoms with Crippen molar-refractivity contribution in [1.29, 1.82) is 5.26 Å². The molecular formula is C6H11NS. The molecule has 0 aliphatic heterocycles. The van der Waals surface area contributed by atoms with Gasteiger partial charge in [-0.2, -0.15) is 5.26 Å². The minimum atomic E-state index is 0.292. The molecule has 0 radical (unpaired) electrons. The minimum absolute atomic E-state index is 0.292. The Hall–Kier alpha value is -0.160. The van der Waals surface area contributed by atoms with Crippen LogP contribution in [0.3, 0.4) is 0 Å². The fraction of sp³-hybridized carbons (Fsp3) is 0.833. The third-order valence-corrected chi connectivity index (χ3v) is 1.71. The van der Waals surface area contributed by atoms with Crippen LogP contribution in [0.5, 0.6) is 0 Å². The maximum atomic E-state index is 8.14. The molecule has 0 N–H and O–H groups in total. The quantitative estimate of drug-likeness (QED) is 0.507. The van der Waals surface area contributed by atoms with Crippen LogP contribution in [0, 0.1) is 16.1 Å². The summed E-state index contributed by atoms with van der Waals surface area (Å²) in [5.74, 6) is 0.920. The third-order valence-electron chi connectivity index (χ3n) is 0.570. The second kappa shape index (κ2) is 2.99. The molecule has 0 bridgehead atoms. The Bertz CT molecular complexity index is 96.1. The molecule has 0 heterocycles. The molecule has 0 aromatic carbocycles. The van der Waals surface area contributed by atoms with Gasteiger partial charge in [0.2, 0.25) is 0 Å². The first-order chi connectivity index (χ1) is 3.56. The second-order valence-corrected chi connectivity index (χ2v) is 3.70. The van der Waals surface area contributed by atoms with E-state index in [1.165, 1.54) is 11.8 Å². The van der Waals surface area contributed by atoms with E-state index in [9.17, 15) is 0 Å². The number of hydrogen-bond donors (Lipinski definition) is 0. The van der Waals surface area contributed by atoms with E-state index in [1.807, 2.05) is 5.40 Å². The number of nitrogens with zero attached hydrogens (tertiary/aromatic N) is 1. The molecule has 0 fully saturated rings. The fourth-order valence-corrected chi connectivity index (χ4v) is 0.746. The van der Waals surface area contributed by atoms with Crippen molar-refractivity contribution in [3.05, 3.63) is 0 Å². The van der Waals surface area contributed by atoms with Gasteiger partial charge in [-0.1, -0.05) is 20.8 Å². The first-order valence-corrected chi connectivity index (χ1v) is 3.56. The number of thioether (sulfide) groups is 1. The second-order valence-electron chi connectivity index (χ2n) is 2.94. The molecule has 46 valence electrons. The Balaban J connectivity index is 3.28. The van der Waals surface area contributed by atoms with Gasteiger partial charge < -0.3 is 0 Å². The van der Waals surface area contributed by atoms with Crippen molar-refractivity contribution >= 4 is 11.8 Å². The molecule has 0 atom stereocenters. The van der Waals surface area contributed by atoms with E-state index in [0.717, 1.165) is 5.75 Å². The summed E-state index contributed by atoms with van der Waals surface area (Å²) >= 11 is 1.32. The number of rotatable bonds is 1. The van der Waals surface area contributed by atoms with Crippen LogP contribution in [0.15, 0.2) is 0 Å². The lowest BCUT2D eigenvalue weighted by Crippen LogP contribution is -2.07. The lowest BCUT2D eigenvalue weighted by atomic mass is 10.0. The minimum Gasteiger partial charge on any atom is -0.185 e. The maximum absolute atomic E-state index is 8.14. The van der Waals surface area contributed by atoms with Gasteiger partial charge in [-0.15, -0.1) is 0 Å². The highest BCUT2D eigenvalue weighted by Crippen LogP contribution is 2.18. The summed E-state index contributed by atoms with van der Waals surface area (Å²) in [7, 11) is 0. The molecule has 0 amide bonds. The van der Waals surface area contributed by atoms with E-state index >= 15 is 0 Å². The van der Waals surface area contributed by atoms with Crippen LogP contribution < -0.4 is 0 Å². The summed E-state index contributed by atoms with van der Waals surface area (Å²) in [5.41, 5.74) is 0.292. The summed E-state index contributed by atoms with van der Waals surface area (Å²) in [4.78, 5) is 0. The highest BCUT2D eigenvalue weighted by molar-refractivity contribution is 8.03. The van der Waals surface area contributed by atoms with E-state index in [2.05, 4.69) is 20.8 Å². The average Bonchev–Trinajstić information content (AvgIpc) is 1.59. The Labute approximate surface area is 55.1 Å². The number of thiocyanates is 1. The monoisotopic (exact) mass is 129 g/mol. The molecule has 1 nitrogen and oxygen atoms in total. The van der Waals surface area contributed by atoms with Gasteiger partial charge in [0.05, 0.1) is 0 Å². The van der Waals surface area contributed by atoms with Gasteiger partial charge in [0.25, 0.3) is 0 Å². The van der Waals surface area contributed by atoms with Crippen LogP contribution in [-0.4, -0.2) is 5.75 Å². The van der Waals surface area contributed by atoms with Crippen LogP contribution >= 0.6 is 11.8 Å². The van der Waals surface area contributed by atoms with E-state index in [4.69, 9.17) is 5.26 Å². The fourth-order valence-electron chi connectivity index (χ4n) is 0.249. The van der Waals surface area contributed by atoms with Crippen molar-refractivity contribution < 1.29 is 0 Å². The van der Waals surface area contributed by atoms with Crippen molar-refractivity contribution in [2.45, 2.75) is 20.8 Å². The van der Waals surface area contributed by atoms with Gasteiger partial charge >= 0.3 is 0 Å². The van der Waals surface area contributed by atoms with Crippen LogP contribution in [0.4, 0.5) is 0 Å². The zero-order chi connectivity index (χ0) is 6.62. The molecule has 0 unspecified atom stereocenters. The van der Waals surface area contributed by atoms with Gasteiger partial charge in [0.15, 0.2) is 0 Å². The number of hydrogen-bond acceptors (Lipinski definition) is 2. The normalized spacial score (nSPS) is 10.8. The Morgan fingerprint density at radius 2 is 2.00 bits per heavy atom. The highest BCUT2D eigenvalue weighted by atomic mass is 32.2. The van der Waals surface area contributed by atoms with Crippen LogP contribution in [0.2, 0.25) is 0 Å². The van der Waals surface area contributed by atoms with Gasteiger partial charge in [-0.25, -0.2) is 0 Å². The largest absolute Gasteiger partial charge is 0.185 e. The van der Waals surface area contributed by atoms with Gasteiger partial charge in [-0.05, 0) is 17.2 Å². The Morgan fingerprint density at radius 3 is 2.12 bits per heavy atom. The standard InChI is InChI=1S/C6H11NS/c1-6(2,3)4-8-5-7/h4H2,1-3H3. The van der Waals surface area contributed by atoms with Crippen molar-refractivity contribution in [2.24, 2.45) is 5.41 Å². The molecule has 2 heteroatoms. The van der Waals surface area contributed by atoms with Crippen molar-refractivity contribution in [3.8, 4) is 5.40 Å². The molecule has 0 aliphatic rings. The molecule has 0 rings (SSSR count). The number of nitriles is 1. The van der Waals surface area contributed by atoms with Gasteiger partial charge in [0.1, 0.15) is 5.40 Å². The molecule has 0 aromatic rings. The first kappa shape index (κ1) is 7.84. The first-order valence-electron chi connectivity index (χ1n) is 2.57. The van der Waals surface area contributed by atoms with Gasteiger partial charge in [0, 0.05) is 5.75 Å². The third kappa shape index (κ3) is 5.84. The van der Waals surface area contributed by atoms with Crippen molar-refractivity contribution in [2.75, 3.05) is 5.75 Å². The zero-order valence-corrected chi connectivity index (χ0v) is 6.38. The lowest BCUT2D eigenvalue weighted by Gasteiger charge is -2.13. The highest BCUT2D eigenvalue weighted by Gasteiger charge is 2.08. The maximum Gasteiger partial charge on any atom is 0.133 e. The molecule has 0 spiro atoms. The Morgan fingerprint density at radius 1 is 1.50 bits per heavy atom. The predicted molar refractivity (Wildman–Crippen MR) is 37.5 cm³/mol. The van der Waals surface area contributed by atoms with Crippen LogP contribution in [0.25, 0.3) is 0 Å². The van der Waals surface area contributed by atoms with Crippen LogP contribution in [-0.2, 0) is 0 Å². The van der Waals surface area contributed by atoms with E-state index < -0.39 is 0 Å². The van der Waals surface area contributed by atoms with E-state index in [0.29, 0.717) is 5.41 Å². The summed E-state index contributed by atoms with van der Waals surface area (Å²) in [6.07, 6.45) is 0. The molecule has 0 aliphatic carbocycles. The van der Waals surface area contributed by atoms with Crippen molar-refractivity contribution in [3.63, 3.8) is 0 Å². The summed E-state index contributed by atoms with van der Waals surface area (Å²) in [6, 6.07) is 0. The van der Waals surface area contributed by atoms with E-state index in [-0.39, 0.29) is 0 Å². The smallest absolute Gasteiger partial charge is 0.133 e. The SMILES string of the molecule is CC(C)(C)CSC#N. The summed E-state index contributed by atoms with van der Waals surface area (Å²) in [6.45, 7) is 6.37. The van der Waals surface area contributed by atoms with Gasteiger partial charge in [-0.3, -0.25) is 0 Å². The Kier molecular flexibility index (Phi) is 2.93. The molecular weight excluding hydrogens is 118 g/mol.